The molecular formula is C15H23F5N2O5S2. The summed E-state index contributed by atoms with van der Waals surface area (Å²) in [4.78, 5) is 0. The van der Waals surface area contributed by atoms with Crippen LogP contribution >= 0.6 is 0 Å². The molecule has 0 aromatic carbocycles. The Bertz CT molecular complexity index is 905. The second-order valence-electron chi connectivity index (χ2n) is 9.24. The van der Waals surface area contributed by atoms with Crippen LogP contribution in [-0.4, -0.2) is 46.5 Å². The molecule has 0 aliphatic heterocycles. The lowest BCUT2D eigenvalue weighted by molar-refractivity contribution is -0.105. The monoisotopic (exact) mass is 470 g/mol. The molecule has 0 aromatic heterocycles. The molecule has 4 rings (SSSR count). The first-order valence-corrected chi connectivity index (χ1v) is 11.8. The van der Waals surface area contributed by atoms with Crippen LogP contribution in [0.4, 0.5) is 22.0 Å². The summed E-state index contributed by atoms with van der Waals surface area (Å²) in [6, 6.07) is 0. The highest BCUT2D eigenvalue weighted by atomic mass is 32.3. The van der Waals surface area contributed by atoms with Crippen molar-refractivity contribution in [3.63, 3.8) is 0 Å². The first kappa shape index (κ1) is 23.1. The average Bonchev–Trinajstić information content (AvgIpc) is 2.79. The van der Waals surface area contributed by atoms with Crippen LogP contribution in [0.5, 0.6) is 0 Å². The summed E-state index contributed by atoms with van der Waals surface area (Å²) in [6.45, 7) is 4.06. The number of rotatable bonds is 7. The Balaban J connectivity index is 1.86. The molecule has 14 heteroatoms. The zero-order chi connectivity index (χ0) is 22.3. The molecule has 0 radical (unpaired) electrons. The standard InChI is InChI=1S/C15H23F5N2O5S2/c1-11-4-9-5-13(7-11,8-12(9,2)6-11)21-10(27-3)14(16,17)28(23,24)22-29(25,26)15(18,19)20/h9-10,21-22H,4-8H2,1-3H3. The summed E-state index contributed by atoms with van der Waals surface area (Å²) in [5.41, 5.74) is -7.16. The molecule has 170 valence electrons. The van der Waals surface area contributed by atoms with Crippen LogP contribution in [0.3, 0.4) is 0 Å². The van der Waals surface area contributed by atoms with Crippen LogP contribution in [0.15, 0.2) is 0 Å². The Morgan fingerprint density at radius 3 is 2.00 bits per heavy atom. The van der Waals surface area contributed by atoms with Crippen LogP contribution < -0.4 is 9.44 Å². The second kappa shape index (κ2) is 6.24. The van der Waals surface area contributed by atoms with Crippen molar-refractivity contribution < 1.29 is 43.5 Å². The Morgan fingerprint density at radius 1 is 0.966 bits per heavy atom. The molecule has 0 heterocycles. The SMILES string of the molecule is COC(NC12CC3CC(C)(C1)CC3(C)C2)C(F)(F)S(=O)(=O)NS(=O)(=O)C(F)(F)F. The zero-order valence-corrected chi connectivity index (χ0v) is 17.6. The number of nitrogens with one attached hydrogen (secondary N) is 2. The van der Waals surface area contributed by atoms with E-state index < -0.39 is 42.6 Å². The Morgan fingerprint density at radius 2 is 1.55 bits per heavy atom. The summed E-state index contributed by atoms with van der Waals surface area (Å²) in [5, 5.41) is -2.46. The van der Waals surface area contributed by atoms with Crippen molar-refractivity contribution in [3.05, 3.63) is 0 Å². The predicted molar refractivity (Wildman–Crippen MR) is 91.4 cm³/mol. The number of sulfonamides is 2. The molecule has 4 aliphatic carbocycles. The quantitative estimate of drug-likeness (QED) is 0.437. The van der Waals surface area contributed by atoms with Crippen molar-refractivity contribution in [2.45, 2.75) is 68.5 Å². The van der Waals surface area contributed by atoms with E-state index in [1.165, 1.54) is 0 Å². The molecule has 5 atom stereocenters. The van der Waals surface area contributed by atoms with E-state index in [1.54, 1.807) is 0 Å². The highest BCUT2D eigenvalue weighted by molar-refractivity contribution is 8.05. The lowest BCUT2D eigenvalue weighted by Crippen LogP contribution is -2.63. The van der Waals surface area contributed by atoms with Crippen LogP contribution in [0.25, 0.3) is 0 Å². The lowest BCUT2D eigenvalue weighted by Gasteiger charge is -2.48. The van der Waals surface area contributed by atoms with Gasteiger partial charge in [0.25, 0.3) is 10.0 Å². The fourth-order valence-corrected chi connectivity index (χ4v) is 8.48. The van der Waals surface area contributed by atoms with E-state index in [4.69, 9.17) is 0 Å². The van der Waals surface area contributed by atoms with Gasteiger partial charge in [0.05, 0.1) is 0 Å². The minimum absolute atomic E-state index is 0.0878. The third-order valence-corrected chi connectivity index (χ3v) is 9.86. The summed E-state index contributed by atoms with van der Waals surface area (Å²) in [5.74, 6) is 0.250. The molecule has 7 nitrogen and oxygen atoms in total. The summed E-state index contributed by atoms with van der Waals surface area (Å²) >= 11 is 0. The van der Waals surface area contributed by atoms with Gasteiger partial charge < -0.3 is 4.74 Å². The van der Waals surface area contributed by atoms with Crippen molar-refractivity contribution in [2.24, 2.45) is 16.7 Å². The molecule has 0 spiro atoms. The topological polar surface area (TPSA) is 102 Å². The van der Waals surface area contributed by atoms with Gasteiger partial charge in [-0.3, -0.25) is 5.32 Å². The Labute approximate surface area is 165 Å². The van der Waals surface area contributed by atoms with Crippen LogP contribution in [0.2, 0.25) is 0 Å². The van der Waals surface area contributed by atoms with E-state index in [2.05, 4.69) is 10.1 Å². The number of ether oxygens (including phenoxy) is 1. The molecule has 4 bridgehead atoms. The Hall–Kier alpha value is -0.570. The van der Waals surface area contributed by atoms with E-state index in [1.807, 2.05) is 13.8 Å². The molecule has 0 amide bonds. The molecule has 5 unspecified atom stereocenters. The molecule has 4 aliphatic rings. The molecular weight excluding hydrogens is 447 g/mol. The third-order valence-electron chi connectivity index (χ3n) is 6.56. The van der Waals surface area contributed by atoms with Gasteiger partial charge in [-0.15, -0.1) is 0 Å². The minimum Gasteiger partial charge on any atom is -0.359 e. The van der Waals surface area contributed by atoms with Crippen molar-refractivity contribution in [3.8, 4) is 0 Å². The molecule has 0 aromatic rings. The highest BCUT2D eigenvalue weighted by Crippen LogP contribution is 2.71. The van der Waals surface area contributed by atoms with Gasteiger partial charge in [-0.2, -0.15) is 22.0 Å². The van der Waals surface area contributed by atoms with Crippen molar-refractivity contribution in [2.75, 3.05) is 7.11 Å². The van der Waals surface area contributed by atoms with E-state index in [-0.39, 0.29) is 20.9 Å². The summed E-state index contributed by atoms with van der Waals surface area (Å²) in [6.07, 6.45) is 0.771. The predicted octanol–water partition coefficient (Wildman–Crippen LogP) is 2.27. The van der Waals surface area contributed by atoms with E-state index in [0.29, 0.717) is 19.3 Å². The number of alkyl halides is 5. The maximum atomic E-state index is 14.7. The molecule has 4 saturated carbocycles. The van der Waals surface area contributed by atoms with Crippen molar-refractivity contribution in [1.29, 1.82) is 0 Å². The fraction of sp³-hybridized carbons (Fsp3) is 1.00. The van der Waals surface area contributed by atoms with Crippen LogP contribution in [0, 0.1) is 16.7 Å². The molecule has 29 heavy (non-hydrogen) atoms. The van der Waals surface area contributed by atoms with Crippen LogP contribution in [0.1, 0.15) is 46.0 Å². The number of halogens is 5. The van der Waals surface area contributed by atoms with Gasteiger partial charge in [-0.1, -0.05) is 18.0 Å². The minimum atomic E-state index is -6.55. The maximum absolute atomic E-state index is 14.7. The Kier molecular flexibility index (Phi) is 4.97. The first-order valence-electron chi connectivity index (χ1n) is 8.83. The summed E-state index contributed by atoms with van der Waals surface area (Å²) < 4.78 is 117. The first-order chi connectivity index (χ1) is 12.8. The van der Waals surface area contributed by atoms with E-state index in [0.717, 1.165) is 20.0 Å². The number of hydrogen-bond donors (Lipinski definition) is 2. The number of hydrogen-bond acceptors (Lipinski definition) is 6. The highest BCUT2D eigenvalue weighted by Gasteiger charge is 2.68. The van der Waals surface area contributed by atoms with Gasteiger partial charge in [-0.05, 0) is 48.9 Å². The van der Waals surface area contributed by atoms with Gasteiger partial charge >= 0.3 is 20.8 Å². The fourth-order valence-electron chi connectivity index (χ4n) is 6.07. The largest absolute Gasteiger partial charge is 0.512 e. The van der Waals surface area contributed by atoms with Crippen molar-refractivity contribution >= 4 is 20.0 Å². The van der Waals surface area contributed by atoms with Crippen LogP contribution in [-0.2, 0) is 24.8 Å². The van der Waals surface area contributed by atoms with E-state index in [9.17, 15) is 38.8 Å². The normalized spacial score (nSPS) is 38.6. The summed E-state index contributed by atoms with van der Waals surface area (Å²) in [7, 11) is -12.1. The van der Waals surface area contributed by atoms with Gasteiger partial charge in [0.15, 0.2) is 6.23 Å². The van der Waals surface area contributed by atoms with E-state index >= 15 is 0 Å². The third kappa shape index (κ3) is 3.58. The molecule has 2 N–H and O–H groups in total. The van der Waals surface area contributed by atoms with Gasteiger partial charge in [0.2, 0.25) is 0 Å². The maximum Gasteiger partial charge on any atom is 0.512 e. The zero-order valence-electron chi connectivity index (χ0n) is 15.9. The molecule has 0 saturated heterocycles. The van der Waals surface area contributed by atoms with Gasteiger partial charge in [-0.25, -0.2) is 16.8 Å². The van der Waals surface area contributed by atoms with Crippen molar-refractivity contribution in [1.82, 2.24) is 9.44 Å². The van der Waals surface area contributed by atoms with Gasteiger partial charge in [0, 0.05) is 12.6 Å². The number of methoxy groups -OCH3 is 1. The molecule has 4 fully saturated rings. The van der Waals surface area contributed by atoms with Gasteiger partial charge in [0.1, 0.15) is 0 Å². The lowest BCUT2D eigenvalue weighted by atomic mass is 9.65. The second-order valence-corrected chi connectivity index (χ2v) is 12.9. The average molecular weight is 470 g/mol. The smallest absolute Gasteiger partial charge is 0.359 e.